The second-order valence-corrected chi connectivity index (χ2v) is 5.07. The van der Waals surface area contributed by atoms with Crippen molar-refractivity contribution in [1.82, 2.24) is 9.78 Å². The molecule has 0 aromatic carbocycles. The molecule has 0 fully saturated rings. The normalized spacial score (nSPS) is 10.9. The highest BCUT2D eigenvalue weighted by atomic mass is 16.5. The number of ether oxygens (including phenoxy) is 4. The van der Waals surface area contributed by atoms with Gasteiger partial charge in [-0.2, -0.15) is 5.10 Å². The number of nitrogens with zero attached hydrogens (tertiary/aromatic N) is 2. The van der Waals surface area contributed by atoms with Gasteiger partial charge in [0.05, 0.1) is 34.0 Å². The number of carbonyl (C=O) groups is 4. The number of rotatable bonds is 10. The zero-order chi connectivity index (χ0) is 20.1. The van der Waals surface area contributed by atoms with Gasteiger partial charge in [-0.1, -0.05) is 0 Å². The first kappa shape index (κ1) is 21.6. The van der Waals surface area contributed by atoms with Crippen LogP contribution in [0.15, 0.2) is 42.8 Å². The van der Waals surface area contributed by atoms with Crippen molar-refractivity contribution in [3.63, 3.8) is 0 Å². The number of hydrogen-bond donors (Lipinski definition) is 0. The predicted octanol–water partition coefficient (Wildman–Crippen LogP) is 0.0441. The molecule has 146 valence electrons. The van der Waals surface area contributed by atoms with Crippen molar-refractivity contribution in [3.8, 4) is 0 Å². The molecule has 1 rings (SSSR count). The van der Waals surface area contributed by atoms with E-state index in [1.165, 1.54) is 14.2 Å². The molecule has 0 N–H and O–H groups in total. The molecule has 0 spiro atoms. The average Bonchev–Trinajstić information content (AvgIpc) is 3.18. The number of carbonyl (C=O) groups excluding carboxylic acids is 4. The van der Waals surface area contributed by atoms with E-state index in [1.54, 1.807) is 23.1 Å². The fourth-order valence-corrected chi connectivity index (χ4v) is 1.73. The number of aromatic nitrogens is 2. The lowest BCUT2D eigenvalue weighted by Gasteiger charge is -2.16. The van der Waals surface area contributed by atoms with E-state index in [1.807, 2.05) is 0 Å². The van der Waals surface area contributed by atoms with Gasteiger partial charge < -0.3 is 18.9 Å². The molecular weight excluding hydrogens is 360 g/mol. The van der Waals surface area contributed by atoms with E-state index in [0.717, 1.165) is 24.3 Å². The van der Waals surface area contributed by atoms with Crippen molar-refractivity contribution < 1.29 is 38.1 Å². The summed E-state index contributed by atoms with van der Waals surface area (Å²) in [5.74, 6) is -3.28. The molecule has 0 atom stereocenters. The van der Waals surface area contributed by atoms with Crippen LogP contribution < -0.4 is 0 Å². The second kappa shape index (κ2) is 12.0. The molecule has 0 aliphatic carbocycles. The first-order valence-electron chi connectivity index (χ1n) is 7.77. The third kappa shape index (κ3) is 9.58. The molecule has 1 aromatic rings. The number of hydrogen-bond acceptors (Lipinski definition) is 9. The van der Waals surface area contributed by atoms with Crippen LogP contribution in [0.3, 0.4) is 0 Å². The molecule has 0 saturated heterocycles. The van der Waals surface area contributed by atoms with Crippen molar-refractivity contribution in [2.24, 2.45) is 5.92 Å². The number of esters is 4. The molecular formula is C17H20N2O8. The maximum atomic E-state index is 11.6. The first-order chi connectivity index (χ1) is 12.9. The Kier molecular flexibility index (Phi) is 9.61. The van der Waals surface area contributed by atoms with E-state index in [0.29, 0.717) is 6.54 Å². The van der Waals surface area contributed by atoms with Crippen molar-refractivity contribution in [3.05, 3.63) is 42.8 Å². The molecule has 0 amide bonds. The standard InChI is InChI=1S/C17H20N2O8/c1-24-14(20)4-6-16(22)26-11-13(10-19-9-3-8-18-19)12-27-17(23)7-5-15(21)25-2/h3-9,13H,10-12H2,1-2H3/b6-4+,7-5+. The topological polar surface area (TPSA) is 123 Å². The Hall–Kier alpha value is -3.43. The van der Waals surface area contributed by atoms with Gasteiger partial charge in [0.15, 0.2) is 0 Å². The minimum Gasteiger partial charge on any atom is -0.466 e. The predicted molar refractivity (Wildman–Crippen MR) is 89.9 cm³/mol. The molecule has 0 aliphatic rings. The van der Waals surface area contributed by atoms with Crippen molar-refractivity contribution >= 4 is 23.9 Å². The maximum Gasteiger partial charge on any atom is 0.331 e. The van der Waals surface area contributed by atoms with E-state index in [4.69, 9.17) is 9.47 Å². The summed E-state index contributed by atoms with van der Waals surface area (Å²) in [4.78, 5) is 45.1. The summed E-state index contributed by atoms with van der Waals surface area (Å²) in [5.41, 5.74) is 0. The zero-order valence-electron chi connectivity index (χ0n) is 14.9. The summed E-state index contributed by atoms with van der Waals surface area (Å²) in [5, 5.41) is 4.04. The van der Waals surface area contributed by atoms with Crippen molar-refractivity contribution in [2.45, 2.75) is 6.54 Å². The van der Waals surface area contributed by atoms with Crippen LogP contribution in [0.5, 0.6) is 0 Å². The van der Waals surface area contributed by atoms with Crippen LogP contribution in [-0.4, -0.2) is 61.1 Å². The zero-order valence-corrected chi connectivity index (χ0v) is 14.9. The lowest BCUT2D eigenvalue weighted by Crippen LogP contribution is -2.24. The van der Waals surface area contributed by atoms with Crippen molar-refractivity contribution in [1.29, 1.82) is 0 Å². The maximum absolute atomic E-state index is 11.6. The third-order valence-corrected chi connectivity index (χ3v) is 3.04. The Morgan fingerprint density at radius 2 is 1.37 bits per heavy atom. The van der Waals surface area contributed by atoms with Gasteiger partial charge in [-0.3, -0.25) is 4.68 Å². The summed E-state index contributed by atoms with van der Waals surface area (Å²) in [7, 11) is 2.36. The summed E-state index contributed by atoms with van der Waals surface area (Å²) in [6.07, 6.45) is 7.01. The molecule has 1 heterocycles. The van der Waals surface area contributed by atoms with Gasteiger partial charge in [-0.15, -0.1) is 0 Å². The average molecular weight is 380 g/mol. The Balaban J connectivity index is 2.57. The molecule has 27 heavy (non-hydrogen) atoms. The molecule has 10 heteroatoms. The molecule has 0 aliphatic heterocycles. The quantitative estimate of drug-likeness (QED) is 0.314. The summed E-state index contributed by atoms with van der Waals surface area (Å²) in [6, 6.07) is 1.72. The van der Waals surface area contributed by atoms with Gasteiger partial charge >= 0.3 is 23.9 Å². The van der Waals surface area contributed by atoms with Gasteiger partial charge in [0.2, 0.25) is 0 Å². The Bertz CT molecular complexity index is 652. The third-order valence-electron chi connectivity index (χ3n) is 3.04. The summed E-state index contributed by atoms with van der Waals surface area (Å²) >= 11 is 0. The van der Waals surface area contributed by atoms with E-state index in [-0.39, 0.29) is 13.2 Å². The molecule has 10 nitrogen and oxygen atoms in total. The molecule has 0 bridgehead atoms. The SMILES string of the molecule is COC(=O)/C=C/C(=O)OCC(COC(=O)/C=C/C(=O)OC)Cn1cccn1. The largest absolute Gasteiger partial charge is 0.466 e. The van der Waals surface area contributed by atoms with E-state index < -0.39 is 29.8 Å². The fraction of sp³-hybridized carbons (Fsp3) is 0.353. The van der Waals surface area contributed by atoms with Crippen LogP contribution in [0, 0.1) is 5.92 Å². The molecule has 0 unspecified atom stereocenters. The van der Waals surface area contributed by atoms with Gasteiger partial charge in [-0.25, -0.2) is 19.2 Å². The van der Waals surface area contributed by atoms with Gasteiger partial charge in [-0.05, 0) is 6.07 Å². The van der Waals surface area contributed by atoms with Gasteiger partial charge in [0.25, 0.3) is 0 Å². The smallest absolute Gasteiger partial charge is 0.331 e. The minimum absolute atomic E-state index is 0.0851. The lowest BCUT2D eigenvalue weighted by molar-refractivity contribution is -0.144. The van der Waals surface area contributed by atoms with Crippen LogP contribution in [-0.2, 0) is 44.7 Å². The molecule has 0 radical (unpaired) electrons. The Morgan fingerprint density at radius 3 is 1.78 bits per heavy atom. The lowest BCUT2D eigenvalue weighted by atomic mass is 10.2. The van der Waals surface area contributed by atoms with Gasteiger partial charge in [0, 0.05) is 42.6 Å². The first-order valence-corrected chi connectivity index (χ1v) is 7.77. The summed E-state index contributed by atoms with van der Waals surface area (Å²) < 4.78 is 20.4. The van der Waals surface area contributed by atoms with E-state index in [9.17, 15) is 19.2 Å². The van der Waals surface area contributed by atoms with Crippen LogP contribution in [0.25, 0.3) is 0 Å². The highest BCUT2D eigenvalue weighted by Gasteiger charge is 2.15. The van der Waals surface area contributed by atoms with E-state index >= 15 is 0 Å². The van der Waals surface area contributed by atoms with Crippen molar-refractivity contribution in [2.75, 3.05) is 27.4 Å². The molecule has 0 saturated carbocycles. The second-order valence-electron chi connectivity index (χ2n) is 5.07. The molecule has 1 aromatic heterocycles. The Labute approximate surface area is 155 Å². The highest BCUT2D eigenvalue weighted by Crippen LogP contribution is 2.05. The summed E-state index contributed by atoms with van der Waals surface area (Å²) in [6.45, 7) is 0.144. The Morgan fingerprint density at radius 1 is 0.889 bits per heavy atom. The number of methoxy groups -OCH3 is 2. The van der Waals surface area contributed by atoms with E-state index in [2.05, 4.69) is 14.6 Å². The van der Waals surface area contributed by atoms with Crippen LogP contribution in [0.1, 0.15) is 0 Å². The van der Waals surface area contributed by atoms with Gasteiger partial charge in [0.1, 0.15) is 0 Å². The van der Waals surface area contributed by atoms with Crippen LogP contribution in [0.4, 0.5) is 0 Å². The minimum atomic E-state index is -0.747. The van der Waals surface area contributed by atoms with Crippen LogP contribution >= 0.6 is 0 Å². The fourth-order valence-electron chi connectivity index (χ4n) is 1.73. The highest BCUT2D eigenvalue weighted by molar-refractivity contribution is 5.92. The van der Waals surface area contributed by atoms with Crippen LogP contribution in [0.2, 0.25) is 0 Å². The monoisotopic (exact) mass is 380 g/mol.